The van der Waals surface area contributed by atoms with Gasteiger partial charge in [-0.1, -0.05) is 0 Å². The van der Waals surface area contributed by atoms with Crippen molar-refractivity contribution in [2.75, 3.05) is 6.61 Å². The van der Waals surface area contributed by atoms with E-state index >= 15 is 0 Å². The molecule has 0 aliphatic carbocycles. The highest BCUT2D eigenvalue weighted by Gasteiger charge is 2.29. The van der Waals surface area contributed by atoms with Gasteiger partial charge in [0.2, 0.25) is 0 Å². The molecule has 1 rings (SSSR count). The molecule has 0 aromatic rings. The SMILES string of the molecule is CC(CC1CO1)S(=O)(=O)O. The number of ether oxygens (including phenoxy) is 1. The summed E-state index contributed by atoms with van der Waals surface area (Å²) in [6, 6.07) is 0. The van der Waals surface area contributed by atoms with Crippen molar-refractivity contribution in [1.29, 1.82) is 0 Å². The van der Waals surface area contributed by atoms with Crippen LogP contribution in [0.2, 0.25) is 0 Å². The molecule has 2 unspecified atom stereocenters. The topological polar surface area (TPSA) is 66.9 Å². The van der Waals surface area contributed by atoms with Gasteiger partial charge in [-0.25, -0.2) is 0 Å². The zero-order chi connectivity index (χ0) is 7.78. The van der Waals surface area contributed by atoms with E-state index in [1.807, 2.05) is 0 Å². The van der Waals surface area contributed by atoms with Crippen LogP contribution >= 0.6 is 0 Å². The van der Waals surface area contributed by atoms with Crippen LogP contribution in [0, 0.1) is 0 Å². The minimum Gasteiger partial charge on any atom is -0.373 e. The lowest BCUT2D eigenvalue weighted by Gasteiger charge is -2.03. The molecule has 1 aliphatic heterocycles. The summed E-state index contributed by atoms with van der Waals surface area (Å²) in [5.74, 6) is 0. The van der Waals surface area contributed by atoms with Crippen LogP contribution in [0.25, 0.3) is 0 Å². The number of hydrogen-bond donors (Lipinski definition) is 1. The Morgan fingerprint density at radius 3 is 2.60 bits per heavy atom. The Morgan fingerprint density at radius 2 is 2.30 bits per heavy atom. The highest BCUT2D eigenvalue weighted by atomic mass is 32.2. The van der Waals surface area contributed by atoms with E-state index in [4.69, 9.17) is 9.29 Å². The summed E-state index contributed by atoms with van der Waals surface area (Å²) in [7, 11) is -3.84. The van der Waals surface area contributed by atoms with Crippen LogP contribution in [0.15, 0.2) is 0 Å². The monoisotopic (exact) mass is 166 g/mol. The fourth-order valence-corrected chi connectivity index (χ4v) is 1.15. The van der Waals surface area contributed by atoms with Gasteiger partial charge in [-0.15, -0.1) is 0 Å². The second-order valence-corrected chi connectivity index (χ2v) is 4.35. The summed E-state index contributed by atoms with van der Waals surface area (Å²) in [5, 5.41) is -0.694. The summed E-state index contributed by atoms with van der Waals surface area (Å²) in [5.41, 5.74) is 0. The van der Waals surface area contributed by atoms with Crippen molar-refractivity contribution in [3.8, 4) is 0 Å². The predicted molar refractivity (Wildman–Crippen MR) is 35.4 cm³/mol. The van der Waals surface area contributed by atoms with Crippen LogP contribution in [-0.2, 0) is 14.9 Å². The van der Waals surface area contributed by atoms with Crippen molar-refractivity contribution < 1.29 is 17.7 Å². The zero-order valence-electron chi connectivity index (χ0n) is 5.65. The smallest absolute Gasteiger partial charge is 0.267 e. The van der Waals surface area contributed by atoms with E-state index in [9.17, 15) is 8.42 Å². The van der Waals surface area contributed by atoms with E-state index < -0.39 is 15.4 Å². The second-order valence-electron chi connectivity index (χ2n) is 2.52. The Bertz CT molecular complexity index is 204. The van der Waals surface area contributed by atoms with Gasteiger partial charge >= 0.3 is 0 Å². The Kier molecular flexibility index (Phi) is 1.98. The molecule has 0 bridgehead atoms. The van der Waals surface area contributed by atoms with Crippen LogP contribution in [0.4, 0.5) is 0 Å². The molecule has 0 spiro atoms. The molecule has 1 fully saturated rings. The van der Waals surface area contributed by atoms with Gasteiger partial charge < -0.3 is 4.74 Å². The minimum absolute atomic E-state index is 0.0527. The lowest BCUT2D eigenvalue weighted by Crippen LogP contribution is -2.18. The average Bonchev–Trinajstić information content (AvgIpc) is 2.47. The molecular weight excluding hydrogens is 156 g/mol. The van der Waals surface area contributed by atoms with E-state index in [-0.39, 0.29) is 6.10 Å². The van der Waals surface area contributed by atoms with Crippen LogP contribution in [-0.4, -0.2) is 30.9 Å². The standard InChI is InChI=1S/C5H10O4S/c1-4(10(6,7)8)2-5-3-9-5/h4-5H,2-3H2,1H3,(H,6,7,8). The Hall–Kier alpha value is -0.130. The Balaban J connectivity index is 2.40. The third-order valence-corrected chi connectivity index (χ3v) is 2.72. The molecule has 1 heterocycles. The van der Waals surface area contributed by atoms with E-state index in [2.05, 4.69) is 0 Å². The number of rotatable bonds is 3. The van der Waals surface area contributed by atoms with Crippen molar-refractivity contribution in [3.63, 3.8) is 0 Å². The van der Waals surface area contributed by atoms with Crippen LogP contribution in [0.3, 0.4) is 0 Å². The van der Waals surface area contributed by atoms with Gasteiger partial charge in [-0.05, 0) is 13.3 Å². The summed E-state index contributed by atoms with van der Waals surface area (Å²) in [6.45, 7) is 2.09. The first-order valence-corrected chi connectivity index (χ1v) is 4.58. The molecule has 60 valence electrons. The summed E-state index contributed by atoms with van der Waals surface area (Å²) in [4.78, 5) is 0. The van der Waals surface area contributed by atoms with E-state index in [0.717, 1.165) is 0 Å². The van der Waals surface area contributed by atoms with Crippen molar-refractivity contribution in [1.82, 2.24) is 0 Å². The second kappa shape index (κ2) is 2.48. The first kappa shape index (κ1) is 7.97. The van der Waals surface area contributed by atoms with E-state index in [0.29, 0.717) is 13.0 Å². The maximum absolute atomic E-state index is 10.4. The van der Waals surface area contributed by atoms with Gasteiger partial charge in [-0.3, -0.25) is 4.55 Å². The van der Waals surface area contributed by atoms with Gasteiger partial charge in [0.05, 0.1) is 18.0 Å². The largest absolute Gasteiger partial charge is 0.373 e. The Morgan fingerprint density at radius 1 is 1.80 bits per heavy atom. The van der Waals surface area contributed by atoms with Crippen LogP contribution < -0.4 is 0 Å². The number of epoxide rings is 1. The van der Waals surface area contributed by atoms with Crippen molar-refractivity contribution in [2.45, 2.75) is 24.7 Å². The third-order valence-electron chi connectivity index (χ3n) is 1.51. The van der Waals surface area contributed by atoms with Gasteiger partial charge in [0, 0.05) is 0 Å². The fraction of sp³-hybridized carbons (Fsp3) is 1.00. The molecule has 4 nitrogen and oxygen atoms in total. The highest BCUT2D eigenvalue weighted by molar-refractivity contribution is 7.86. The van der Waals surface area contributed by atoms with Gasteiger partial charge in [0.25, 0.3) is 10.1 Å². The van der Waals surface area contributed by atoms with Crippen molar-refractivity contribution >= 4 is 10.1 Å². The maximum Gasteiger partial charge on any atom is 0.267 e. The molecule has 0 aromatic heterocycles. The molecular formula is C5H10O4S. The fourth-order valence-electron chi connectivity index (χ4n) is 0.696. The van der Waals surface area contributed by atoms with Crippen molar-refractivity contribution in [3.05, 3.63) is 0 Å². The summed E-state index contributed by atoms with van der Waals surface area (Å²) in [6.07, 6.45) is 0.454. The maximum atomic E-state index is 10.4. The first-order chi connectivity index (χ1) is 4.50. The third kappa shape index (κ3) is 2.24. The molecule has 0 aromatic carbocycles. The van der Waals surface area contributed by atoms with Gasteiger partial charge in [-0.2, -0.15) is 8.42 Å². The molecule has 1 aliphatic rings. The normalized spacial score (nSPS) is 28.0. The molecule has 0 saturated carbocycles. The van der Waals surface area contributed by atoms with E-state index in [1.165, 1.54) is 6.92 Å². The molecule has 10 heavy (non-hydrogen) atoms. The molecule has 5 heteroatoms. The molecule has 1 N–H and O–H groups in total. The lowest BCUT2D eigenvalue weighted by atomic mass is 10.3. The molecule has 1 saturated heterocycles. The number of hydrogen-bond acceptors (Lipinski definition) is 3. The average molecular weight is 166 g/mol. The van der Waals surface area contributed by atoms with Crippen LogP contribution in [0.5, 0.6) is 0 Å². The molecule has 0 amide bonds. The Labute approximate surface area is 59.9 Å². The molecule has 0 radical (unpaired) electrons. The highest BCUT2D eigenvalue weighted by Crippen LogP contribution is 2.18. The van der Waals surface area contributed by atoms with Gasteiger partial charge in [0.1, 0.15) is 0 Å². The van der Waals surface area contributed by atoms with Gasteiger partial charge in [0.15, 0.2) is 0 Å². The lowest BCUT2D eigenvalue weighted by molar-refractivity contribution is 0.387. The van der Waals surface area contributed by atoms with E-state index in [1.54, 1.807) is 0 Å². The summed E-state index contributed by atoms with van der Waals surface area (Å²) >= 11 is 0. The first-order valence-electron chi connectivity index (χ1n) is 3.08. The quantitative estimate of drug-likeness (QED) is 0.475. The molecule has 2 atom stereocenters. The summed E-state index contributed by atoms with van der Waals surface area (Å²) < 4.78 is 34.1. The minimum atomic E-state index is -3.84. The zero-order valence-corrected chi connectivity index (χ0v) is 6.47. The predicted octanol–water partition coefficient (Wildman–Crippen LogP) is 0.0516. The van der Waals surface area contributed by atoms with Crippen LogP contribution in [0.1, 0.15) is 13.3 Å². The van der Waals surface area contributed by atoms with Crippen molar-refractivity contribution in [2.24, 2.45) is 0 Å².